The van der Waals surface area contributed by atoms with Crippen molar-refractivity contribution < 1.29 is 5.11 Å². The van der Waals surface area contributed by atoms with Gasteiger partial charge in [0.1, 0.15) is 5.39 Å². The minimum atomic E-state index is -0.398. The van der Waals surface area contributed by atoms with E-state index in [1.807, 2.05) is 6.92 Å². The van der Waals surface area contributed by atoms with Crippen LogP contribution in [0, 0.1) is 0 Å². The molecule has 0 radical (unpaired) electrons. The van der Waals surface area contributed by atoms with Crippen LogP contribution in [0.5, 0.6) is 0 Å². The lowest BCUT2D eigenvalue weighted by Crippen LogP contribution is -2.37. The molecule has 114 valence electrons. The van der Waals surface area contributed by atoms with Gasteiger partial charge < -0.3 is 10.4 Å². The molecule has 2 aromatic heterocycles. The fourth-order valence-electron chi connectivity index (χ4n) is 2.33. The van der Waals surface area contributed by atoms with Crippen molar-refractivity contribution >= 4 is 16.7 Å². The van der Waals surface area contributed by atoms with Gasteiger partial charge in [0, 0.05) is 33.4 Å². The van der Waals surface area contributed by atoms with Gasteiger partial charge in [-0.05, 0) is 18.4 Å². The first kappa shape index (κ1) is 15.2. The Kier molecular flexibility index (Phi) is 4.42. The van der Waals surface area contributed by atoms with Gasteiger partial charge in [0.05, 0.1) is 5.69 Å². The van der Waals surface area contributed by atoms with Crippen molar-refractivity contribution in [2.45, 2.75) is 19.8 Å². The predicted octanol–water partition coefficient (Wildman–Crippen LogP) is -0.0111. The van der Waals surface area contributed by atoms with E-state index in [-0.39, 0.29) is 12.2 Å². The number of fused-ring (bicyclic) bond motifs is 1. The smallest absolute Gasteiger partial charge is 0.332 e. The molecule has 0 aromatic carbocycles. The minimum absolute atomic E-state index is 0.0774. The standard InChI is InChI=1S/C14H20N4O3/c1-4-9-8-16-12-10(11(9)15-6-5-7-19)13(20)18(3)14(21)17(12)2/h8,19H,4-7H2,1-3H3,(H,15,16). The number of aryl methyl sites for hydroxylation is 2. The molecule has 0 aliphatic carbocycles. The third kappa shape index (κ3) is 2.56. The summed E-state index contributed by atoms with van der Waals surface area (Å²) in [4.78, 5) is 28.7. The molecule has 2 rings (SSSR count). The van der Waals surface area contributed by atoms with E-state index in [9.17, 15) is 9.59 Å². The predicted molar refractivity (Wildman–Crippen MR) is 81.8 cm³/mol. The topological polar surface area (TPSA) is 89.2 Å². The van der Waals surface area contributed by atoms with Crippen molar-refractivity contribution in [3.63, 3.8) is 0 Å². The fraction of sp³-hybridized carbons (Fsp3) is 0.500. The van der Waals surface area contributed by atoms with Gasteiger partial charge in [-0.3, -0.25) is 13.9 Å². The summed E-state index contributed by atoms with van der Waals surface area (Å²) >= 11 is 0. The SMILES string of the molecule is CCc1cnc2c(c1NCCCO)c(=O)n(C)c(=O)n2C. The molecule has 0 atom stereocenters. The first-order valence-electron chi connectivity index (χ1n) is 6.95. The van der Waals surface area contributed by atoms with Gasteiger partial charge in [0.25, 0.3) is 5.56 Å². The highest BCUT2D eigenvalue weighted by Crippen LogP contribution is 2.22. The second-order valence-corrected chi connectivity index (χ2v) is 4.92. The van der Waals surface area contributed by atoms with E-state index < -0.39 is 5.69 Å². The number of rotatable bonds is 5. The normalized spacial score (nSPS) is 11.0. The molecular formula is C14H20N4O3. The van der Waals surface area contributed by atoms with Crippen molar-refractivity contribution in [1.29, 1.82) is 0 Å². The average molecular weight is 292 g/mol. The van der Waals surface area contributed by atoms with Crippen molar-refractivity contribution in [1.82, 2.24) is 14.1 Å². The molecule has 2 heterocycles. The van der Waals surface area contributed by atoms with Crippen molar-refractivity contribution in [2.24, 2.45) is 14.1 Å². The lowest BCUT2D eigenvalue weighted by atomic mass is 10.1. The number of pyridine rings is 1. The van der Waals surface area contributed by atoms with Crippen LogP contribution in [0.25, 0.3) is 11.0 Å². The molecule has 0 saturated heterocycles. The molecule has 7 nitrogen and oxygen atoms in total. The lowest BCUT2D eigenvalue weighted by molar-refractivity contribution is 0.292. The zero-order chi connectivity index (χ0) is 15.6. The molecule has 0 aliphatic rings. The summed E-state index contributed by atoms with van der Waals surface area (Å²) in [6, 6.07) is 0. The minimum Gasteiger partial charge on any atom is -0.396 e. The Labute approximate surface area is 121 Å². The van der Waals surface area contributed by atoms with E-state index >= 15 is 0 Å². The molecular weight excluding hydrogens is 272 g/mol. The largest absolute Gasteiger partial charge is 0.396 e. The third-order valence-electron chi connectivity index (χ3n) is 3.57. The summed E-state index contributed by atoms with van der Waals surface area (Å²) < 4.78 is 2.45. The van der Waals surface area contributed by atoms with Crippen LogP contribution in [0.3, 0.4) is 0 Å². The number of nitrogens with zero attached hydrogens (tertiary/aromatic N) is 3. The Bertz CT molecular complexity index is 776. The molecule has 0 saturated carbocycles. The van der Waals surface area contributed by atoms with Gasteiger partial charge in [-0.25, -0.2) is 9.78 Å². The Balaban J connectivity index is 2.79. The molecule has 0 fully saturated rings. The van der Waals surface area contributed by atoms with Crippen LogP contribution in [-0.2, 0) is 20.5 Å². The molecule has 0 bridgehead atoms. The average Bonchev–Trinajstić information content (AvgIpc) is 2.50. The van der Waals surface area contributed by atoms with Gasteiger partial charge in [-0.1, -0.05) is 6.92 Å². The summed E-state index contributed by atoms with van der Waals surface area (Å²) in [5.41, 5.74) is 1.23. The Morgan fingerprint density at radius 2 is 2.00 bits per heavy atom. The quantitative estimate of drug-likeness (QED) is 0.757. The number of aliphatic hydroxyl groups excluding tert-OH is 1. The van der Waals surface area contributed by atoms with Gasteiger partial charge in [-0.15, -0.1) is 0 Å². The molecule has 21 heavy (non-hydrogen) atoms. The lowest BCUT2D eigenvalue weighted by Gasteiger charge is -2.15. The van der Waals surface area contributed by atoms with E-state index in [0.717, 1.165) is 16.6 Å². The summed E-state index contributed by atoms with van der Waals surface area (Å²) in [5, 5.41) is 12.5. The number of hydrogen-bond donors (Lipinski definition) is 2. The number of anilines is 1. The molecule has 7 heteroatoms. The highest BCUT2D eigenvalue weighted by Gasteiger charge is 2.16. The second-order valence-electron chi connectivity index (χ2n) is 4.92. The maximum Gasteiger partial charge on any atom is 0.332 e. The van der Waals surface area contributed by atoms with E-state index in [1.165, 1.54) is 11.6 Å². The maximum atomic E-state index is 12.4. The zero-order valence-electron chi connectivity index (χ0n) is 12.5. The molecule has 2 N–H and O–H groups in total. The van der Waals surface area contributed by atoms with Crippen LogP contribution in [0.15, 0.2) is 15.8 Å². The number of nitrogens with one attached hydrogen (secondary N) is 1. The monoisotopic (exact) mass is 292 g/mol. The van der Waals surface area contributed by atoms with E-state index in [4.69, 9.17) is 5.11 Å². The van der Waals surface area contributed by atoms with E-state index in [2.05, 4.69) is 10.3 Å². The second kappa shape index (κ2) is 6.09. The van der Waals surface area contributed by atoms with Crippen molar-refractivity contribution in [3.05, 3.63) is 32.6 Å². The maximum absolute atomic E-state index is 12.4. The van der Waals surface area contributed by atoms with Crippen molar-refractivity contribution in [2.75, 3.05) is 18.5 Å². The Morgan fingerprint density at radius 1 is 1.29 bits per heavy atom. The summed E-state index contributed by atoms with van der Waals surface area (Å²) in [7, 11) is 3.06. The van der Waals surface area contributed by atoms with Gasteiger partial charge in [-0.2, -0.15) is 0 Å². The van der Waals surface area contributed by atoms with Crippen molar-refractivity contribution in [3.8, 4) is 0 Å². The fourth-order valence-corrected chi connectivity index (χ4v) is 2.33. The number of hydrogen-bond acceptors (Lipinski definition) is 5. The first-order chi connectivity index (χ1) is 10.0. The van der Waals surface area contributed by atoms with E-state index in [0.29, 0.717) is 29.7 Å². The van der Waals surface area contributed by atoms with Gasteiger partial charge in [0.15, 0.2) is 5.65 Å². The highest BCUT2D eigenvalue weighted by atomic mass is 16.3. The summed E-state index contributed by atoms with van der Waals surface area (Å²) in [6.07, 6.45) is 2.98. The molecule has 0 unspecified atom stereocenters. The highest BCUT2D eigenvalue weighted by molar-refractivity contribution is 5.90. The van der Waals surface area contributed by atoms with Gasteiger partial charge in [0.2, 0.25) is 0 Å². The summed E-state index contributed by atoms with van der Waals surface area (Å²) in [6.45, 7) is 2.61. The van der Waals surface area contributed by atoms with Crippen LogP contribution < -0.4 is 16.6 Å². The third-order valence-corrected chi connectivity index (χ3v) is 3.57. The number of aliphatic hydroxyl groups is 1. The first-order valence-corrected chi connectivity index (χ1v) is 6.95. The van der Waals surface area contributed by atoms with Crippen LogP contribution in [-0.4, -0.2) is 32.4 Å². The zero-order valence-corrected chi connectivity index (χ0v) is 12.5. The molecule has 2 aromatic rings. The van der Waals surface area contributed by atoms with Gasteiger partial charge >= 0.3 is 5.69 Å². The molecule has 0 aliphatic heterocycles. The van der Waals surface area contributed by atoms with E-state index in [1.54, 1.807) is 13.2 Å². The summed E-state index contributed by atoms with van der Waals surface area (Å²) in [5.74, 6) is 0. The number of aromatic nitrogens is 3. The van der Waals surface area contributed by atoms with Crippen LogP contribution in [0.2, 0.25) is 0 Å². The van der Waals surface area contributed by atoms with Crippen LogP contribution in [0.1, 0.15) is 18.9 Å². The Morgan fingerprint density at radius 3 is 2.62 bits per heavy atom. The molecule has 0 spiro atoms. The molecule has 0 amide bonds. The van der Waals surface area contributed by atoms with Crippen LogP contribution >= 0.6 is 0 Å². The van der Waals surface area contributed by atoms with Crippen LogP contribution in [0.4, 0.5) is 5.69 Å². The Hall–Kier alpha value is -2.15.